The minimum Gasteiger partial charge on any atom is -0.493 e. The van der Waals surface area contributed by atoms with Crippen molar-refractivity contribution in [2.24, 2.45) is 7.05 Å². The molecule has 3 heterocycles. The molecule has 36 heavy (non-hydrogen) atoms. The van der Waals surface area contributed by atoms with Gasteiger partial charge in [-0.15, -0.1) is 0 Å². The molecule has 0 aliphatic carbocycles. The number of piperidine rings is 1. The van der Waals surface area contributed by atoms with Crippen molar-refractivity contribution in [2.75, 3.05) is 27.1 Å². The molecular formula is C26H24F3N3O4. The van der Waals surface area contributed by atoms with Crippen LogP contribution in [0.5, 0.6) is 11.5 Å². The predicted molar refractivity (Wildman–Crippen MR) is 129 cm³/mol. The summed E-state index contributed by atoms with van der Waals surface area (Å²) >= 11 is 0. The van der Waals surface area contributed by atoms with Crippen LogP contribution in [0.25, 0.3) is 27.4 Å². The van der Waals surface area contributed by atoms with Crippen LogP contribution in [0.15, 0.2) is 47.5 Å². The Hall–Kier alpha value is -3.95. The van der Waals surface area contributed by atoms with Crippen LogP contribution in [0, 0.1) is 5.82 Å². The number of aryl methyl sites for hydroxylation is 1. The summed E-state index contributed by atoms with van der Waals surface area (Å²) in [6.07, 6.45) is 2.58. The van der Waals surface area contributed by atoms with Crippen LogP contribution < -0.4 is 15.0 Å². The fraction of sp³-hybridized carbons (Fsp3) is 0.308. The Labute approximate surface area is 204 Å². The van der Waals surface area contributed by atoms with Crippen molar-refractivity contribution < 1.29 is 27.4 Å². The zero-order valence-corrected chi connectivity index (χ0v) is 19.8. The molecule has 1 aliphatic heterocycles. The highest BCUT2D eigenvalue weighted by Crippen LogP contribution is 2.34. The molecule has 0 unspecified atom stereocenters. The number of amides is 1. The minimum atomic E-state index is -1.15. The lowest BCUT2D eigenvalue weighted by Gasteiger charge is -2.29. The van der Waals surface area contributed by atoms with Gasteiger partial charge in [0.1, 0.15) is 12.0 Å². The number of ether oxygens (including phenoxy) is 2. The quantitative estimate of drug-likeness (QED) is 0.405. The van der Waals surface area contributed by atoms with E-state index in [0.717, 1.165) is 0 Å². The van der Waals surface area contributed by atoms with E-state index in [0.29, 0.717) is 10.9 Å². The smallest absolute Gasteiger partial charge is 0.263 e. The average molecular weight is 499 g/mol. The number of methoxy groups -OCH3 is 1. The number of likely N-dealkylation sites (tertiary alicyclic amines) is 1. The number of hydrogen-bond acceptors (Lipinski definition) is 4. The molecule has 7 nitrogen and oxygen atoms in total. The number of benzene rings is 2. The standard InChI is InChI=1S/C26H24F3N3O4/c1-30-6-5-17-21(30)9-16(29)10-22(17)32-13-20(25(33)31-7-3-15(28)4-8-31)18-11-23(35-2)24(36-14-27)12-19(18)26(32)34/h5-6,9-13,15H,3-4,7-8,14H2,1-2H3. The highest BCUT2D eigenvalue weighted by molar-refractivity contribution is 6.07. The van der Waals surface area contributed by atoms with Crippen LogP contribution in [0.3, 0.4) is 0 Å². The maximum Gasteiger partial charge on any atom is 0.263 e. The van der Waals surface area contributed by atoms with E-state index in [1.54, 1.807) is 23.9 Å². The third kappa shape index (κ3) is 3.96. The Morgan fingerprint density at radius 3 is 2.50 bits per heavy atom. The maximum atomic E-state index is 14.6. The molecule has 2 aromatic heterocycles. The molecule has 4 aromatic rings. The number of pyridine rings is 1. The molecule has 1 saturated heterocycles. The molecule has 0 N–H and O–H groups in total. The monoisotopic (exact) mass is 499 g/mol. The van der Waals surface area contributed by atoms with Crippen molar-refractivity contribution >= 4 is 27.6 Å². The molecule has 5 rings (SSSR count). The Balaban J connectivity index is 1.81. The van der Waals surface area contributed by atoms with Gasteiger partial charge < -0.3 is 18.9 Å². The number of carbonyl (C=O) groups excluding carboxylic acids is 1. The molecule has 1 amide bonds. The number of fused-ring (bicyclic) bond motifs is 2. The van der Waals surface area contributed by atoms with Crippen molar-refractivity contribution in [3.8, 4) is 17.2 Å². The molecule has 0 radical (unpaired) electrons. The van der Waals surface area contributed by atoms with Gasteiger partial charge in [0, 0.05) is 43.3 Å². The first-order chi connectivity index (χ1) is 17.3. The molecule has 2 aromatic carbocycles. The molecule has 0 spiro atoms. The highest BCUT2D eigenvalue weighted by Gasteiger charge is 2.27. The second-order valence-electron chi connectivity index (χ2n) is 8.77. The summed E-state index contributed by atoms with van der Waals surface area (Å²) in [5.74, 6) is -0.823. The Bertz CT molecular complexity index is 1540. The van der Waals surface area contributed by atoms with Crippen LogP contribution >= 0.6 is 0 Å². The maximum absolute atomic E-state index is 14.6. The Morgan fingerprint density at radius 1 is 1.08 bits per heavy atom. The number of halogens is 3. The Morgan fingerprint density at radius 2 is 1.81 bits per heavy atom. The van der Waals surface area contributed by atoms with Gasteiger partial charge in [0.25, 0.3) is 11.5 Å². The first-order valence-electron chi connectivity index (χ1n) is 11.5. The fourth-order valence-corrected chi connectivity index (χ4v) is 4.77. The second-order valence-corrected chi connectivity index (χ2v) is 8.77. The number of nitrogens with zero attached hydrogens (tertiary/aromatic N) is 3. The van der Waals surface area contributed by atoms with Crippen molar-refractivity contribution in [1.29, 1.82) is 0 Å². The van der Waals surface area contributed by atoms with Crippen LogP contribution in [-0.2, 0) is 7.05 Å². The van der Waals surface area contributed by atoms with E-state index in [1.807, 2.05) is 0 Å². The number of carbonyl (C=O) groups is 1. The van der Waals surface area contributed by atoms with Gasteiger partial charge in [-0.05, 0) is 43.2 Å². The van der Waals surface area contributed by atoms with Crippen LogP contribution in [0.4, 0.5) is 13.2 Å². The summed E-state index contributed by atoms with van der Waals surface area (Å²) < 4.78 is 54.7. The zero-order chi connectivity index (χ0) is 25.6. The summed E-state index contributed by atoms with van der Waals surface area (Å²) in [6, 6.07) is 7.10. The van der Waals surface area contributed by atoms with Crippen LogP contribution in [0.2, 0.25) is 0 Å². The normalized spacial score (nSPS) is 14.5. The van der Waals surface area contributed by atoms with Crippen molar-refractivity contribution in [3.63, 3.8) is 0 Å². The van der Waals surface area contributed by atoms with Gasteiger partial charge >= 0.3 is 0 Å². The van der Waals surface area contributed by atoms with Crippen LogP contribution in [0.1, 0.15) is 23.2 Å². The number of rotatable bonds is 5. The molecule has 0 bridgehead atoms. The average Bonchev–Trinajstić information content (AvgIpc) is 3.24. The Kier molecular flexibility index (Phi) is 6.11. The van der Waals surface area contributed by atoms with Crippen molar-refractivity contribution in [2.45, 2.75) is 19.0 Å². The zero-order valence-electron chi connectivity index (χ0n) is 19.8. The molecule has 0 atom stereocenters. The van der Waals surface area contributed by atoms with E-state index in [4.69, 9.17) is 9.47 Å². The van der Waals surface area contributed by atoms with Crippen molar-refractivity contribution in [1.82, 2.24) is 14.0 Å². The molecule has 1 aliphatic rings. The minimum absolute atomic E-state index is 0.0110. The van der Waals surface area contributed by atoms with Gasteiger partial charge in [-0.2, -0.15) is 0 Å². The third-order valence-corrected chi connectivity index (χ3v) is 6.66. The summed E-state index contributed by atoms with van der Waals surface area (Å²) in [5.41, 5.74) is 0.412. The van der Waals surface area contributed by atoms with Gasteiger partial charge in [-0.3, -0.25) is 14.2 Å². The SMILES string of the molecule is COc1cc2c(C(=O)N3CCC(F)CC3)cn(-c3cc(F)cc4c3ccn4C)c(=O)c2cc1OCF. The molecule has 0 saturated carbocycles. The van der Waals surface area contributed by atoms with Gasteiger partial charge in [-0.1, -0.05) is 0 Å². The van der Waals surface area contributed by atoms with E-state index in [1.165, 1.54) is 47.0 Å². The second kappa shape index (κ2) is 9.25. The lowest BCUT2D eigenvalue weighted by molar-refractivity contribution is 0.0668. The van der Waals surface area contributed by atoms with Gasteiger partial charge in [0.15, 0.2) is 11.5 Å². The fourth-order valence-electron chi connectivity index (χ4n) is 4.77. The van der Waals surface area contributed by atoms with Gasteiger partial charge in [0.05, 0.1) is 29.3 Å². The predicted octanol–water partition coefficient (Wildman–Crippen LogP) is 4.51. The molecule has 188 valence electrons. The summed E-state index contributed by atoms with van der Waals surface area (Å²) in [6.45, 7) is -0.700. The topological polar surface area (TPSA) is 65.7 Å². The summed E-state index contributed by atoms with van der Waals surface area (Å²) in [5, 5.41) is 0.942. The van der Waals surface area contributed by atoms with E-state index in [2.05, 4.69) is 0 Å². The highest BCUT2D eigenvalue weighted by atomic mass is 19.1. The first-order valence-corrected chi connectivity index (χ1v) is 11.5. The lowest BCUT2D eigenvalue weighted by Crippen LogP contribution is -2.39. The largest absolute Gasteiger partial charge is 0.493 e. The van der Waals surface area contributed by atoms with E-state index >= 15 is 0 Å². The molecular weight excluding hydrogens is 475 g/mol. The third-order valence-electron chi connectivity index (χ3n) is 6.66. The van der Waals surface area contributed by atoms with Crippen molar-refractivity contribution in [3.05, 3.63) is 64.5 Å². The van der Waals surface area contributed by atoms with Crippen LogP contribution in [-0.4, -0.2) is 53.2 Å². The first kappa shape index (κ1) is 23.8. The van der Waals surface area contributed by atoms with E-state index in [9.17, 15) is 22.8 Å². The van der Waals surface area contributed by atoms with E-state index in [-0.39, 0.29) is 59.5 Å². The van der Waals surface area contributed by atoms with Gasteiger partial charge in [-0.25, -0.2) is 13.2 Å². The molecule has 1 fully saturated rings. The summed E-state index contributed by atoms with van der Waals surface area (Å²) in [4.78, 5) is 28.9. The number of hydrogen-bond donors (Lipinski definition) is 0. The van der Waals surface area contributed by atoms with Gasteiger partial charge in [0.2, 0.25) is 6.86 Å². The molecule has 10 heteroatoms. The summed E-state index contributed by atoms with van der Waals surface area (Å²) in [7, 11) is 3.12. The van der Waals surface area contributed by atoms with E-state index < -0.39 is 30.3 Å². The number of aromatic nitrogens is 2. The number of alkyl halides is 2. The lowest BCUT2D eigenvalue weighted by atomic mass is 10.0.